The number of rotatable bonds is 9. The van der Waals surface area contributed by atoms with Crippen molar-refractivity contribution in [3.05, 3.63) is 64.7 Å². The number of nitrogens with one attached hydrogen (secondary N) is 1. The topological polar surface area (TPSA) is 73.9 Å². The summed E-state index contributed by atoms with van der Waals surface area (Å²) in [4.78, 5) is 24.6. The first-order valence-electron chi connectivity index (χ1n) is 10.1. The van der Waals surface area contributed by atoms with E-state index in [4.69, 9.17) is 9.31 Å². The van der Waals surface area contributed by atoms with Crippen LogP contribution in [-0.4, -0.2) is 46.4 Å². The summed E-state index contributed by atoms with van der Waals surface area (Å²) in [5.41, 5.74) is -2.31. The summed E-state index contributed by atoms with van der Waals surface area (Å²) >= 11 is 0. The van der Waals surface area contributed by atoms with E-state index in [9.17, 15) is 35.9 Å². The van der Waals surface area contributed by atoms with Crippen molar-refractivity contribution >= 4 is 24.5 Å². The Hall–Kier alpha value is -3.06. The number of hydrogen-bond donors (Lipinski definition) is 1. The minimum absolute atomic E-state index is 0.0277. The van der Waals surface area contributed by atoms with Gasteiger partial charge in [0.2, 0.25) is 5.91 Å². The number of hydrogen-bond acceptors (Lipinski definition) is 5. The van der Waals surface area contributed by atoms with Gasteiger partial charge in [-0.3, -0.25) is 4.79 Å². The predicted molar refractivity (Wildman–Crippen MR) is 114 cm³/mol. The Kier molecular flexibility index (Phi) is 9.33. The molecule has 6 nitrogen and oxygen atoms in total. The third-order valence-electron chi connectivity index (χ3n) is 4.95. The second-order valence-corrected chi connectivity index (χ2v) is 7.48. The number of ether oxygens (including phenoxy) is 1. The molecule has 190 valence electrons. The quantitative estimate of drug-likeness (QED) is 0.322. The van der Waals surface area contributed by atoms with E-state index in [1.165, 1.54) is 14.2 Å². The highest BCUT2D eigenvalue weighted by atomic mass is 19.4. The van der Waals surface area contributed by atoms with Crippen LogP contribution in [0.5, 0.6) is 0 Å². The molecule has 35 heavy (non-hydrogen) atoms. The highest BCUT2D eigenvalue weighted by Crippen LogP contribution is 2.36. The number of methoxy groups -OCH3 is 1. The lowest BCUT2D eigenvalue weighted by Crippen LogP contribution is -2.43. The average molecular weight is 505 g/mol. The Morgan fingerprint density at radius 1 is 0.857 bits per heavy atom. The first kappa shape index (κ1) is 28.2. The molecule has 0 spiro atoms. The molecular formula is C22H22BF6NO5. The molecule has 1 N–H and O–H groups in total. The van der Waals surface area contributed by atoms with Crippen molar-refractivity contribution < 1.29 is 50.0 Å². The van der Waals surface area contributed by atoms with Gasteiger partial charge in [0.1, 0.15) is 6.04 Å². The van der Waals surface area contributed by atoms with Crippen molar-refractivity contribution in [1.82, 2.24) is 5.32 Å². The predicted octanol–water partition coefficient (Wildman–Crippen LogP) is 3.16. The molecule has 13 heteroatoms. The van der Waals surface area contributed by atoms with Crippen molar-refractivity contribution in [1.29, 1.82) is 0 Å². The van der Waals surface area contributed by atoms with Crippen LogP contribution in [-0.2, 0) is 48.8 Å². The van der Waals surface area contributed by atoms with Crippen molar-refractivity contribution in [2.24, 2.45) is 0 Å². The zero-order chi connectivity index (χ0) is 26.4. The zero-order valence-corrected chi connectivity index (χ0v) is 18.9. The number of esters is 1. The first-order valence-corrected chi connectivity index (χ1v) is 10.1. The van der Waals surface area contributed by atoms with Crippen LogP contribution in [0.25, 0.3) is 0 Å². The molecule has 0 bridgehead atoms. The Labute approximate surface area is 197 Å². The largest absolute Gasteiger partial charge is 0.493 e. The lowest BCUT2D eigenvalue weighted by Gasteiger charge is -2.18. The third kappa shape index (κ3) is 8.00. The maximum absolute atomic E-state index is 13.1. The van der Waals surface area contributed by atoms with E-state index < -0.39 is 60.5 Å². The van der Waals surface area contributed by atoms with Crippen LogP contribution in [0.3, 0.4) is 0 Å². The standard InChI is InChI=1S/C22H22BF6NO5/c1-33-20(32)18(10-13-4-6-17(7-5-13)23(34-2)35-3)30-19(31)11-14-8-15(21(24,25)26)12-16(9-14)22(27,28)29/h4-9,12,18H,10-11H2,1-3H3,(H,30,31)/t18-/m0/s1. The van der Waals surface area contributed by atoms with E-state index in [1.54, 1.807) is 24.3 Å². The maximum atomic E-state index is 13.1. The number of halogens is 6. The SMILES string of the molecule is COB(OC)c1ccc(C[C@H](NC(=O)Cc2cc(C(F)(F)F)cc(C(F)(F)F)c2)C(=O)OC)cc1. The van der Waals surface area contributed by atoms with Gasteiger partial charge in [-0.25, -0.2) is 4.79 Å². The number of carbonyl (C=O) groups excluding carboxylic acids is 2. The molecular weight excluding hydrogens is 483 g/mol. The van der Waals surface area contributed by atoms with Gasteiger partial charge in [-0.05, 0) is 34.8 Å². The van der Waals surface area contributed by atoms with Gasteiger partial charge in [0, 0.05) is 20.6 Å². The number of alkyl halides is 6. The molecule has 2 aromatic carbocycles. The summed E-state index contributed by atoms with van der Waals surface area (Å²) in [6.45, 7) is 0. The summed E-state index contributed by atoms with van der Waals surface area (Å²) in [5, 5.41) is 2.32. The molecule has 0 aliphatic rings. The fourth-order valence-corrected chi connectivity index (χ4v) is 3.30. The summed E-state index contributed by atoms with van der Waals surface area (Å²) in [6.07, 6.45) is -10.9. The van der Waals surface area contributed by atoms with Crippen LogP contribution >= 0.6 is 0 Å². The summed E-state index contributed by atoms with van der Waals surface area (Å²) < 4.78 is 93.3. The van der Waals surface area contributed by atoms with E-state index in [2.05, 4.69) is 10.1 Å². The molecule has 0 saturated carbocycles. The minimum atomic E-state index is -5.04. The number of amides is 1. The van der Waals surface area contributed by atoms with Gasteiger partial charge in [0.25, 0.3) is 0 Å². The molecule has 0 saturated heterocycles. The first-order chi connectivity index (χ1) is 16.3. The highest BCUT2D eigenvalue weighted by molar-refractivity contribution is 6.61. The molecule has 0 aliphatic carbocycles. The van der Waals surface area contributed by atoms with Crippen molar-refractivity contribution in [3.63, 3.8) is 0 Å². The van der Waals surface area contributed by atoms with Crippen LogP contribution < -0.4 is 10.8 Å². The average Bonchev–Trinajstić information content (AvgIpc) is 2.78. The van der Waals surface area contributed by atoms with E-state index in [0.29, 0.717) is 23.2 Å². The fourth-order valence-electron chi connectivity index (χ4n) is 3.30. The van der Waals surface area contributed by atoms with Crippen LogP contribution in [0, 0.1) is 0 Å². The van der Waals surface area contributed by atoms with Gasteiger partial charge in [-0.2, -0.15) is 26.3 Å². The Bertz CT molecular complexity index is 990. The van der Waals surface area contributed by atoms with Crippen molar-refractivity contribution in [3.8, 4) is 0 Å². The molecule has 0 radical (unpaired) electrons. The normalized spacial score (nSPS) is 12.7. The molecule has 0 heterocycles. The molecule has 0 aromatic heterocycles. The van der Waals surface area contributed by atoms with Crippen LogP contribution in [0.2, 0.25) is 0 Å². The minimum Gasteiger partial charge on any atom is -0.467 e. The Balaban J connectivity index is 2.21. The summed E-state index contributed by atoms with van der Waals surface area (Å²) in [7, 11) is 3.36. The van der Waals surface area contributed by atoms with Crippen molar-refractivity contribution in [2.75, 3.05) is 21.3 Å². The molecule has 0 aliphatic heterocycles. The Morgan fingerprint density at radius 2 is 1.37 bits per heavy atom. The second kappa shape index (κ2) is 11.6. The van der Waals surface area contributed by atoms with Gasteiger partial charge in [-0.15, -0.1) is 0 Å². The molecule has 1 amide bonds. The lowest BCUT2D eigenvalue weighted by atomic mass is 9.78. The van der Waals surface area contributed by atoms with E-state index in [0.717, 1.165) is 7.11 Å². The third-order valence-corrected chi connectivity index (χ3v) is 4.95. The zero-order valence-electron chi connectivity index (χ0n) is 18.9. The van der Waals surface area contributed by atoms with Gasteiger partial charge >= 0.3 is 25.4 Å². The van der Waals surface area contributed by atoms with Gasteiger partial charge in [0.15, 0.2) is 0 Å². The fraction of sp³-hybridized carbons (Fsp3) is 0.364. The smallest absolute Gasteiger partial charge is 0.467 e. The van der Waals surface area contributed by atoms with Crippen LogP contribution in [0.15, 0.2) is 42.5 Å². The van der Waals surface area contributed by atoms with Gasteiger partial charge in [-0.1, -0.05) is 24.3 Å². The van der Waals surface area contributed by atoms with Crippen LogP contribution in [0.4, 0.5) is 26.3 Å². The van der Waals surface area contributed by atoms with E-state index >= 15 is 0 Å². The van der Waals surface area contributed by atoms with Crippen LogP contribution in [0.1, 0.15) is 22.3 Å². The summed E-state index contributed by atoms with van der Waals surface area (Å²) in [6, 6.07) is 6.29. The molecule has 2 aromatic rings. The Morgan fingerprint density at radius 3 is 1.80 bits per heavy atom. The second-order valence-electron chi connectivity index (χ2n) is 7.48. The molecule has 1 atom stereocenters. The molecule has 0 unspecified atom stereocenters. The lowest BCUT2D eigenvalue weighted by molar-refractivity contribution is -0.145. The van der Waals surface area contributed by atoms with E-state index in [-0.39, 0.29) is 12.5 Å². The number of carbonyl (C=O) groups is 2. The molecule has 0 fully saturated rings. The summed E-state index contributed by atoms with van der Waals surface area (Å²) in [5.74, 6) is -1.79. The highest BCUT2D eigenvalue weighted by Gasteiger charge is 2.37. The van der Waals surface area contributed by atoms with Gasteiger partial charge in [0.05, 0.1) is 24.7 Å². The van der Waals surface area contributed by atoms with Crippen molar-refractivity contribution in [2.45, 2.75) is 31.2 Å². The maximum Gasteiger partial charge on any atom is 0.493 e. The van der Waals surface area contributed by atoms with E-state index in [1.807, 2.05) is 0 Å². The molecule has 2 rings (SSSR count). The monoisotopic (exact) mass is 505 g/mol. The van der Waals surface area contributed by atoms with Gasteiger partial charge < -0.3 is 19.4 Å². The number of benzene rings is 2.